The molecule has 1 aliphatic rings. The molecule has 0 bridgehead atoms. The van der Waals surface area contributed by atoms with E-state index >= 15 is 0 Å². The molecule has 2 heterocycles. The minimum atomic E-state index is -3.46. The zero-order valence-corrected chi connectivity index (χ0v) is 24.2. The Morgan fingerprint density at radius 3 is 2.37 bits per heavy atom. The zero-order chi connectivity index (χ0) is 28.6. The fourth-order valence-corrected chi connectivity index (χ4v) is 7.23. The Bertz CT molecular complexity index is 1850. The van der Waals surface area contributed by atoms with Gasteiger partial charge in [0, 0.05) is 27.5 Å². The van der Waals surface area contributed by atoms with Crippen molar-refractivity contribution in [3.63, 3.8) is 0 Å². The monoisotopic (exact) mass is 581 g/mol. The summed E-state index contributed by atoms with van der Waals surface area (Å²) in [6.07, 6.45) is 0.838. The fraction of sp³-hybridized carbons (Fsp3) is 0.156. The molecule has 0 fully saturated rings. The molecule has 206 valence electrons. The number of rotatable bonds is 7. The third kappa shape index (κ3) is 5.42. The van der Waals surface area contributed by atoms with Crippen LogP contribution >= 0.6 is 11.8 Å². The smallest absolute Gasteiger partial charge is 0.259 e. The Balaban J connectivity index is 1.25. The molecular formula is C32H27N3O4S2. The van der Waals surface area contributed by atoms with E-state index in [1.54, 1.807) is 60.3 Å². The SMILES string of the molecule is CCCN1C(=O)c2ccccc2Sc2cc(-c3noc(-c4ccc(CS(=O)(=O)c5ccc(C)cc5)cc4)n3)ccc21. The lowest BCUT2D eigenvalue weighted by atomic mass is 10.1. The molecule has 1 aromatic heterocycles. The lowest BCUT2D eigenvalue weighted by molar-refractivity contribution is 0.0984. The summed E-state index contributed by atoms with van der Waals surface area (Å²) >= 11 is 1.56. The van der Waals surface area contributed by atoms with Gasteiger partial charge in [0.1, 0.15) is 0 Å². The number of aryl methyl sites for hydroxylation is 1. The van der Waals surface area contributed by atoms with Crippen molar-refractivity contribution in [1.82, 2.24) is 10.1 Å². The number of hydrogen-bond donors (Lipinski definition) is 0. The standard InChI is InChI=1S/C32H27N3O4S2/c1-3-18-35-27-17-14-24(19-29(27)40-28-7-5-4-6-26(28)32(35)36)30-33-31(39-34-30)23-12-10-22(11-13-23)20-41(37,38)25-15-8-21(2)9-16-25/h4-17,19H,3,18,20H2,1-2H3. The minimum Gasteiger partial charge on any atom is -0.334 e. The van der Waals surface area contributed by atoms with E-state index in [1.165, 1.54) is 0 Å². The van der Waals surface area contributed by atoms with Crippen LogP contribution in [0.4, 0.5) is 5.69 Å². The maximum absolute atomic E-state index is 13.3. The van der Waals surface area contributed by atoms with Gasteiger partial charge in [-0.05, 0) is 73.5 Å². The predicted octanol–water partition coefficient (Wildman–Crippen LogP) is 7.21. The third-order valence-electron chi connectivity index (χ3n) is 6.90. The van der Waals surface area contributed by atoms with Gasteiger partial charge < -0.3 is 9.42 Å². The molecule has 1 aliphatic heterocycles. The van der Waals surface area contributed by atoms with Crippen LogP contribution in [-0.4, -0.2) is 31.0 Å². The van der Waals surface area contributed by atoms with Gasteiger partial charge >= 0.3 is 0 Å². The Kier molecular flexibility index (Phi) is 7.23. The summed E-state index contributed by atoms with van der Waals surface area (Å²) in [6.45, 7) is 4.60. The van der Waals surface area contributed by atoms with Gasteiger partial charge in [0.05, 0.1) is 21.9 Å². The number of hydrogen-bond acceptors (Lipinski definition) is 7. The van der Waals surface area contributed by atoms with Gasteiger partial charge in [-0.1, -0.05) is 65.8 Å². The van der Waals surface area contributed by atoms with Crippen LogP contribution < -0.4 is 4.90 Å². The van der Waals surface area contributed by atoms with Crippen LogP contribution in [0.25, 0.3) is 22.8 Å². The van der Waals surface area contributed by atoms with Crippen molar-refractivity contribution < 1.29 is 17.7 Å². The molecule has 9 heteroatoms. The highest BCUT2D eigenvalue weighted by atomic mass is 32.2. The van der Waals surface area contributed by atoms with E-state index < -0.39 is 9.84 Å². The van der Waals surface area contributed by atoms with Crippen LogP contribution in [0.5, 0.6) is 0 Å². The van der Waals surface area contributed by atoms with Crippen molar-refractivity contribution in [2.24, 2.45) is 0 Å². The summed E-state index contributed by atoms with van der Waals surface area (Å²) in [7, 11) is -3.46. The molecule has 4 aromatic carbocycles. The van der Waals surface area contributed by atoms with Gasteiger partial charge in [-0.3, -0.25) is 4.79 Å². The van der Waals surface area contributed by atoms with Crippen molar-refractivity contribution in [3.8, 4) is 22.8 Å². The highest BCUT2D eigenvalue weighted by Gasteiger charge is 2.27. The van der Waals surface area contributed by atoms with E-state index in [9.17, 15) is 13.2 Å². The second kappa shape index (κ2) is 11.0. The molecule has 5 aromatic rings. The lowest BCUT2D eigenvalue weighted by Crippen LogP contribution is -2.31. The summed E-state index contributed by atoms with van der Waals surface area (Å²) in [5.74, 6) is 0.668. The summed E-state index contributed by atoms with van der Waals surface area (Å²) in [5.41, 5.74) is 4.70. The first-order valence-corrected chi connectivity index (χ1v) is 15.7. The Morgan fingerprint density at radius 2 is 1.61 bits per heavy atom. The molecule has 41 heavy (non-hydrogen) atoms. The lowest BCUT2D eigenvalue weighted by Gasteiger charge is -2.22. The number of sulfone groups is 1. The molecular weight excluding hydrogens is 555 g/mol. The first-order chi connectivity index (χ1) is 19.8. The maximum Gasteiger partial charge on any atom is 0.259 e. The van der Waals surface area contributed by atoms with E-state index in [2.05, 4.69) is 17.1 Å². The van der Waals surface area contributed by atoms with E-state index in [4.69, 9.17) is 4.52 Å². The fourth-order valence-electron chi connectivity index (χ4n) is 4.76. The predicted molar refractivity (Wildman–Crippen MR) is 160 cm³/mol. The molecule has 0 saturated heterocycles. The first kappa shape index (κ1) is 27.0. The minimum absolute atomic E-state index is 0.00147. The van der Waals surface area contributed by atoms with Crippen molar-refractivity contribution >= 4 is 33.2 Å². The summed E-state index contributed by atoms with van der Waals surface area (Å²) in [6, 6.07) is 27.5. The molecule has 0 aliphatic carbocycles. The topological polar surface area (TPSA) is 93.4 Å². The second-order valence-electron chi connectivity index (χ2n) is 9.93. The molecule has 0 unspecified atom stereocenters. The number of carbonyl (C=O) groups is 1. The van der Waals surface area contributed by atoms with Crippen molar-refractivity contribution in [2.75, 3.05) is 11.4 Å². The number of benzene rings is 4. The number of nitrogens with zero attached hydrogens (tertiary/aromatic N) is 3. The van der Waals surface area contributed by atoms with Gasteiger partial charge in [-0.2, -0.15) is 4.98 Å². The number of carbonyl (C=O) groups excluding carboxylic acids is 1. The van der Waals surface area contributed by atoms with Crippen LogP contribution in [0.1, 0.15) is 34.8 Å². The van der Waals surface area contributed by atoms with Crippen molar-refractivity contribution in [1.29, 1.82) is 0 Å². The van der Waals surface area contributed by atoms with Crippen LogP contribution in [0.2, 0.25) is 0 Å². The van der Waals surface area contributed by atoms with E-state index in [-0.39, 0.29) is 11.7 Å². The molecule has 7 nitrogen and oxygen atoms in total. The number of anilines is 1. The van der Waals surface area contributed by atoms with Crippen molar-refractivity contribution in [2.45, 2.75) is 40.7 Å². The van der Waals surface area contributed by atoms with Gasteiger partial charge in [0.2, 0.25) is 5.82 Å². The molecule has 0 N–H and O–H groups in total. The van der Waals surface area contributed by atoms with Crippen LogP contribution in [-0.2, 0) is 15.6 Å². The summed E-state index contributed by atoms with van der Waals surface area (Å²) in [5, 5.41) is 4.21. The number of aromatic nitrogens is 2. The maximum atomic E-state index is 13.3. The van der Waals surface area contributed by atoms with Gasteiger partial charge in [-0.15, -0.1) is 0 Å². The Hall–Kier alpha value is -4.21. The summed E-state index contributed by atoms with van der Waals surface area (Å²) < 4.78 is 31.2. The highest BCUT2D eigenvalue weighted by Crippen LogP contribution is 2.43. The normalized spacial score (nSPS) is 13.0. The van der Waals surface area contributed by atoms with Crippen LogP contribution in [0.3, 0.4) is 0 Å². The van der Waals surface area contributed by atoms with Gasteiger partial charge in [-0.25, -0.2) is 8.42 Å². The first-order valence-electron chi connectivity index (χ1n) is 13.3. The zero-order valence-electron chi connectivity index (χ0n) is 22.6. The molecule has 0 spiro atoms. The molecule has 6 rings (SSSR count). The van der Waals surface area contributed by atoms with E-state index in [1.807, 2.05) is 54.3 Å². The highest BCUT2D eigenvalue weighted by molar-refractivity contribution is 7.99. The van der Waals surface area contributed by atoms with E-state index in [0.29, 0.717) is 39.8 Å². The Labute approximate surface area is 243 Å². The third-order valence-corrected chi connectivity index (χ3v) is 9.73. The number of fused-ring (bicyclic) bond motifs is 2. The Morgan fingerprint density at radius 1 is 0.878 bits per heavy atom. The molecule has 0 saturated carbocycles. The number of amides is 1. The second-order valence-corrected chi connectivity index (χ2v) is 13.0. The quantitative estimate of drug-likeness (QED) is 0.201. The van der Waals surface area contributed by atoms with Crippen molar-refractivity contribution in [3.05, 3.63) is 108 Å². The van der Waals surface area contributed by atoms with E-state index in [0.717, 1.165) is 33.0 Å². The molecule has 0 radical (unpaired) electrons. The average Bonchev–Trinajstić information content (AvgIpc) is 3.43. The summed E-state index contributed by atoms with van der Waals surface area (Å²) in [4.78, 5) is 21.9. The average molecular weight is 582 g/mol. The van der Waals surface area contributed by atoms with Crippen LogP contribution in [0.15, 0.2) is 110 Å². The largest absolute Gasteiger partial charge is 0.334 e. The van der Waals surface area contributed by atoms with Crippen LogP contribution in [0, 0.1) is 6.92 Å². The van der Waals surface area contributed by atoms with Gasteiger partial charge in [0.15, 0.2) is 9.84 Å². The molecule has 0 atom stereocenters. The van der Waals surface area contributed by atoms with Gasteiger partial charge in [0.25, 0.3) is 11.8 Å². The molecule has 1 amide bonds.